The van der Waals surface area contributed by atoms with Crippen molar-refractivity contribution in [1.29, 1.82) is 0 Å². The smallest absolute Gasteiger partial charge is 0.415 e. The van der Waals surface area contributed by atoms with Gasteiger partial charge >= 0.3 is 6.09 Å². The number of fused-ring (bicyclic) bond motifs is 5. The Morgan fingerprint density at radius 1 is 1.21 bits per heavy atom. The van der Waals surface area contributed by atoms with Crippen LogP contribution in [0.15, 0.2) is 24.5 Å². The van der Waals surface area contributed by atoms with Crippen molar-refractivity contribution in [3.05, 3.63) is 30.3 Å². The minimum atomic E-state index is -0.480. The van der Waals surface area contributed by atoms with Gasteiger partial charge in [0.25, 0.3) is 0 Å². The van der Waals surface area contributed by atoms with Crippen molar-refractivity contribution in [1.82, 2.24) is 15.0 Å². The number of carbonyl (C=O) groups is 1. The summed E-state index contributed by atoms with van der Waals surface area (Å²) < 4.78 is 28.4. The van der Waals surface area contributed by atoms with Gasteiger partial charge in [-0.25, -0.2) is 13.9 Å². The molecule has 0 aliphatic carbocycles. The minimum absolute atomic E-state index is 0.298. The average molecular weight is 417 g/mol. The molecule has 29 heavy (non-hydrogen) atoms. The number of thioether (sulfide) groups is 1. The van der Waals surface area contributed by atoms with E-state index < -0.39 is 12.2 Å². The summed E-state index contributed by atoms with van der Waals surface area (Å²) in [6.45, 7) is 0.673. The maximum absolute atomic E-state index is 15.2. The van der Waals surface area contributed by atoms with Crippen LogP contribution >= 0.6 is 11.8 Å². The quantitative estimate of drug-likeness (QED) is 0.759. The van der Waals surface area contributed by atoms with Gasteiger partial charge in [-0.05, 0) is 12.8 Å². The van der Waals surface area contributed by atoms with Crippen LogP contribution in [0.5, 0.6) is 5.75 Å². The Kier molecular flexibility index (Phi) is 3.90. The van der Waals surface area contributed by atoms with Crippen molar-refractivity contribution >= 4 is 29.2 Å². The van der Waals surface area contributed by atoms with E-state index in [0.29, 0.717) is 42.4 Å². The first-order valence-corrected chi connectivity index (χ1v) is 11.0. The molecule has 0 N–H and O–H groups in total. The Hall–Kier alpha value is -2.49. The normalized spacial score (nSPS) is 30.0. The number of carbonyl (C=O) groups excluding carboxylic acids is 1. The number of cyclic esters (lactones) is 1. The zero-order valence-electron chi connectivity index (χ0n) is 15.6. The summed E-state index contributed by atoms with van der Waals surface area (Å²) >= 11 is 1.94. The van der Waals surface area contributed by atoms with Gasteiger partial charge in [0.15, 0.2) is 0 Å². The van der Waals surface area contributed by atoms with E-state index in [1.165, 1.54) is 11.0 Å². The lowest BCUT2D eigenvalue weighted by molar-refractivity contribution is 0.106. The van der Waals surface area contributed by atoms with Crippen molar-refractivity contribution in [3.8, 4) is 5.75 Å². The molecular formula is C19H20FN5O3S. The number of nitrogens with zero attached hydrogens (tertiary/aromatic N) is 5. The molecule has 4 aliphatic heterocycles. The first-order chi connectivity index (χ1) is 14.2. The predicted molar refractivity (Wildman–Crippen MR) is 105 cm³/mol. The number of hydrogen-bond acceptors (Lipinski definition) is 7. The van der Waals surface area contributed by atoms with Crippen LogP contribution in [0.2, 0.25) is 0 Å². The van der Waals surface area contributed by atoms with Crippen LogP contribution < -0.4 is 14.5 Å². The fraction of sp³-hybridized carbons (Fsp3) is 0.526. The Balaban J connectivity index is 1.32. The molecule has 4 aliphatic rings. The lowest BCUT2D eigenvalue weighted by Gasteiger charge is -2.38. The van der Waals surface area contributed by atoms with Gasteiger partial charge in [0.05, 0.1) is 24.1 Å². The highest BCUT2D eigenvalue weighted by Crippen LogP contribution is 2.45. The number of benzene rings is 1. The zero-order valence-corrected chi connectivity index (χ0v) is 16.4. The molecule has 0 spiro atoms. The van der Waals surface area contributed by atoms with Gasteiger partial charge in [0, 0.05) is 41.9 Å². The number of ether oxygens (including phenoxy) is 2. The number of anilines is 2. The van der Waals surface area contributed by atoms with Crippen LogP contribution in [0.3, 0.4) is 0 Å². The van der Waals surface area contributed by atoms with Crippen LogP contribution in [0.4, 0.5) is 20.6 Å². The second-order valence-electron chi connectivity index (χ2n) is 7.90. The van der Waals surface area contributed by atoms with Crippen molar-refractivity contribution in [2.75, 3.05) is 27.9 Å². The lowest BCUT2D eigenvalue weighted by Crippen LogP contribution is -2.46. The zero-order chi connectivity index (χ0) is 19.5. The van der Waals surface area contributed by atoms with Crippen LogP contribution in [0.1, 0.15) is 12.8 Å². The van der Waals surface area contributed by atoms with Crippen molar-refractivity contribution < 1.29 is 18.7 Å². The van der Waals surface area contributed by atoms with Crippen molar-refractivity contribution in [2.45, 2.75) is 43.6 Å². The molecule has 0 saturated carbocycles. The molecule has 4 atom stereocenters. The van der Waals surface area contributed by atoms with E-state index in [-0.39, 0.29) is 11.9 Å². The van der Waals surface area contributed by atoms with Crippen molar-refractivity contribution in [2.24, 2.45) is 0 Å². The number of amides is 1. The summed E-state index contributed by atoms with van der Waals surface area (Å²) in [6.07, 6.45) is 4.57. The number of hydrogen-bond donors (Lipinski definition) is 0. The topological polar surface area (TPSA) is 72.7 Å². The first-order valence-electron chi connectivity index (χ1n) is 9.85. The Labute approximate surface area is 170 Å². The van der Waals surface area contributed by atoms with Crippen LogP contribution in [0.25, 0.3) is 0 Å². The predicted octanol–water partition coefficient (Wildman–Crippen LogP) is 2.29. The molecule has 2 aromatic rings. The number of aromatic nitrogens is 3. The molecule has 152 valence electrons. The van der Waals surface area contributed by atoms with E-state index in [1.54, 1.807) is 23.1 Å². The molecule has 2 bridgehead atoms. The Morgan fingerprint density at radius 2 is 2.03 bits per heavy atom. The summed E-state index contributed by atoms with van der Waals surface area (Å²) in [7, 11) is 0. The van der Waals surface area contributed by atoms with E-state index in [0.717, 1.165) is 24.3 Å². The van der Waals surface area contributed by atoms with Crippen LogP contribution in [-0.2, 0) is 11.3 Å². The highest BCUT2D eigenvalue weighted by molar-refractivity contribution is 7.99. The Bertz CT molecular complexity index is 942. The molecule has 0 unspecified atom stereocenters. The van der Waals surface area contributed by atoms with Crippen LogP contribution in [0, 0.1) is 5.82 Å². The van der Waals surface area contributed by atoms with E-state index in [4.69, 9.17) is 9.47 Å². The minimum Gasteiger partial charge on any atom is -0.489 e. The molecule has 1 aromatic carbocycles. The van der Waals surface area contributed by atoms with Gasteiger partial charge in [0.2, 0.25) is 0 Å². The third kappa shape index (κ3) is 2.68. The standard InChI is InChI=1S/C19H20FN5O3S/c20-13-5-15-17(6-14(13)24-11-1-2-12(24)10-29-9-11)27-8-16-18(28-19(26)25(15)16)7-23-4-3-21-22-23/h3-6,11-12,16,18H,1-2,7-10H2/t11-,12+,16-,18-/m0/s1. The van der Waals surface area contributed by atoms with Crippen molar-refractivity contribution in [3.63, 3.8) is 0 Å². The molecule has 3 saturated heterocycles. The molecule has 6 rings (SSSR count). The van der Waals surface area contributed by atoms with Crippen LogP contribution in [-0.4, -0.2) is 63.4 Å². The molecule has 3 fully saturated rings. The molecule has 5 heterocycles. The van der Waals surface area contributed by atoms with Gasteiger partial charge < -0.3 is 14.4 Å². The highest BCUT2D eigenvalue weighted by Gasteiger charge is 2.48. The first kappa shape index (κ1) is 17.4. The maximum atomic E-state index is 15.2. The third-order valence-electron chi connectivity index (χ3n) is 6.26. The number of halogens is 1. The fourth-order valence-corrected chi connectivity index (χ4v) is 6.26. The second kappa shape index (κ2) is 6.51. The summed E-state index contributed by atoms with van der Waals surface area (Å²) in [5.74, 6) is 2.27. The molecule has 1 amide bonds. The fourth-order valence-electron chi connectivity index (χ4n) is 4.93. The second-order valence-corrected chi connectivity index (χ2v) is 8.97. The third-order valence-corrected chi connectivity index (χ3v) is 7.51. The van der Waals surface area contributed by atoms with Gasteiger partial charge in [-0.1, -0.05) is 5.21 Å². The molecular weight excluding hydrogens is 397 g/mol. The largest absolute Gasteiger partial charge is 0.489 e. The molecule has 1 aromatic heterocycles. The summed E-state index contributed by atoms with van der Waals surface area (Å²) in [4.78, 5) is 16.3. The maximum Gasteiger partial charge on any atom is 0.415 e. The highest BCUT2D eigenvalue weighted by atomic mass is 32.2. The Morgan fingerprint density at radius 3 is 2.79 bits per heavy atom. The SMILES string of the molecule is O=C1O[C@@H](Cn2ccnn2)[C@@H]2COc3cc(N4[C@@H]5CC[C@H]4CSC5)c(F)cc3N12. The van der Waals surface area contributed by atoms with E-state index in [1.807, 2.05) is 11.8 Å². The van der Waals surface area contributed by atoms with Gasteiger partial charge in [0.1, 0.15) is 30.3 Å². The summed E-state index contributed by atoms with van der Waals surface area (Å²) in [5, 5.41) is 7.71. The van der Waals surface area contributed by atoms with Gasteiger partial charge in [-0.2, -0.15) is 11.8 Å². The average Bonchev–Trinajstić information content (AvgIpc) is 3.39. The summed E-state index contributed by atoms with van der Waals surface area (Å²) in [5.41, 5.74) is 1.02. The molecule has 0 radical (unpaired) electrons. The number of rotatable bonds is 3. The summed E-state index contributed by atoms with van der Waals surface area (Å²) in [6, 6.07) is 3.60. The van der Waals surface area contributed by atoms with Gasteiger partial charge in [-0.3, -0.25) is 4.90 Å². The van der Waals surface area contributed by atoms with E-state index in [9.17, 15) is 4.79 Å². The van der Waals surface area contributed by atoms with Gasteiger partial charge in [-0.15, -0.1) is 5.10 Å². The van der Waals surface area contributed by atoms with E-state index in [2.05, 4.69) is 15.2 Å². The monoisotopic (exact) mass is 417 g/mol. The van der Waals surface area contributed by atoms with E-state index >= 15 is 4.39 Å². The lowest BCUT2D eigenvalue weighted by atomic mass is 10.1. The molecule has 10 heteroatoms. The molecule has 8 nitrogen and oxygen atoms in total.